The van der Waals surface area contributed by atoms with Gasteiger partial charge in [0, 0.05) is 19.3 Å². The number of hydrogen-bond acceptors (Lipinski definition) is 4. The maximum atomic E-state index is 12.2. The molecule has 1 amide bonds. The average molecular weight is 327 g/mol. The van der Waals surface area contributed by atoms with E-state index in [1.54, 1.807) is 0 Å². The van der Waals surface area contributed by atoms with Crippen molar-refractivity contribution >= 4 is 17.8 Å². The second kappa shape index (κ2) is 10.2. The first kappa shape index (κ1) is 19.5. The van der Waals surface area contributed by atoms with Crippen molar-refractivity contribution in [1.29, 1.82) is 0 Å². The van der Waals surface area contributed by atoms with E-state index in [1.165, 1.54) is 4.90 Å². The monoisotopic (exact) mass is 327 g/mol. The number of unbranched alkanes of at least 4 members (excludes halogenated alkanes) is 4. The minimum atomic E-state index is -1.03. The van der Waals surface area contributed by atoms with Gasteiger partial charge in [-0.3, -0.25) is 9.59 Å². The van der Waals surface area contributed by atoms with Crippen molar-refractivity contribution in [2.24, 2.45) is 0 Å². The topological polar surface area (TPSA) is 83.9 Å². The third-order valence-electron chi connectivity index (χ3n) is 4.14. The number of likely N-dealkylation sites (tertiary alicyclic amines) is 1. The first-order valence-corrected chi connectivity index (χ1v) is 8.71. The third kappa shape index (κ3) is 6.59. The lowest BCUT2D eigenvalue weighted by molar-refractivity contribution is -0.149. The molecule has 1 saturated heterocycles. The number of esters is 1. The number of amides is 1. The van der Waals surface area contributed by atoms with Crippen molar-refractivity contribution in [3.05, 3.63) is 0 Å². The summed E-state index contributed by atoms with van der Waals surface area (Å²) in [5.74, 6) is -1.48. The molecule has 2 atom stereocenters. The van der Waals surface area contributed by atoms with Crippen LogP contribution in [0, 0.1) is 0 Å². The lowest BCUT2D eigenvalue weighted by Crippen LogP contribution is -2.40. The molecule has 0 unspecified atom stereocenters. The molecule has 0 saturated carbocycles. The van der Waals surface area contributed by atoms with Crippen molar-refractivity contribution in [2.75, 3.05) is 6.54 Å². The van der Waals surface area contributed by atoms with Crippen LogP contribution in [0.5, 0.6) is 0 Å². The van der Waals surface area contributed by atoms with E-state index < -0.39 is 18.1 Å². The molecule has 1 heterocycles. The highest BCUT2D eigenvalue weighted by Gasteiger charge is 2.40. The second-order valence-electron chi connectivity index (χ2n) is 6.16. The zero-order valence-electron chi connectivity index (χ0n) is 14.3. The summed E-state index contributed by atoms with van der Waals surface area (Å²) in [7, 11) is 0. The van der Waals surface area contributed by atoms with Crippen molar-refractivity contribution < 1.29 is 24.2 Å². The van der Waals surface area contributed by atoms with Crippen LogP contribution in [0.1, 0.15) is 71.6 Å². The summed E-state index contributed by atoms with van der Waals surface area (Å²) < 4.78 is 5.35. The molecule has 1 aliphatic rings. The van der Waals surface area contributed by atoms with Crippen LogP contribution in [-0.2, 0) is 19.1 Å². The molecule has 0 aromatic heterocycles. The summed E-state index contributed by atoms with van der Waals surface area (Å²) in [4.78, 5) is 36.7. The second-order valence-corrected chi connectivity index (χ2v) is 6.16. The van der Waals surface area contributed by atoms with Gasteiger partial charge in [-0.2, -0.15) is 0 Å². The third-order valence-corrected chi connectivity index (χ3v) is 4.14. The number of hydrogen-bond donors (Lipinski definition) is 1. The van der Waals surface area contributed by atoms with Gasteiger partial charge in [-0.15, -0.1) is 0 Å². The van der Waals surface area contributed by atoms with E-state index in [0.29, 0.717) is 12.8 Å². The maximum absolute atomic E-state index is 12.2. The van der Waals surface area contributed by atoms with E-state index >= 15 is 0 Å². The Bertz CT molecular complexity index is 410. The van der Waals surface area contributed by atoms with Crippen molar-refractivity contribution in [3.8, 4) is 0 Å². The first-order valence-electron chi connectivity index (χ1n) is 8.71. The van der Waals surface area contributed by atoms with Crippen LogP contribution in [0.3, 0.4) is 0 Å². The van der Waals surface area contributed by atoms with Crippen LogP contribution in [0.15, 0.2) is 0 Å². The minimum Gasteiger partial charge on any atom is -0.480 e. The molecule has 1 aliphatic heterocycles. The molecule has 6 nitrogen and oxygen atoms in total. The van der Waals surface area contributed by atoms with Crippen molar-refractivity contribution in [1.82, 2.24) is 4.90 Å². The molecule has 1 N–H and O–H groups in total. The number of rotatable bonds is 10. The lowest BCUT2D eigenvalue weighted by atomic mass is 10.1. The molecule has 1 rings (SSSR count). The number of carbonyl (C=O) groups excluding carboxylic acids is 2. The van der Waals surface area contributed by atoms with E-state index in [0.717, 1.165) is 38.5 Å². The number of carbonyl (C=O) groups is 3. The summed E-state index contributed by atoms with van der Waals surface area (Å²) in [5, 5.41) is 9.30. The number of nitrogens with zero attached hydrogens (tertiary/aromatic N) is 1. The summed E-state index contributed by atoms with van der Waals surface area (Å²) in [6.07, 6.45) is 5.90. The van der Waals surface area contributed by atoms with Gasteiger partial charge in [-0.05, 0) is 12.8 Å². The van der Waals surface area contributed by atoms with Crippen LogP contribution in [0.4, 0.5) is 0 Å². The van der Waals surface area contributed by atoms with Gasteiger partial charge in [0.15, 0.2) is 0 Å². The summed E-state index contributed by atoms with van der Waals surface area (Å²) in [6.45, 7) is 4.30. The fraction of sp³-hybridized carbons (Fsp3) is 0.824. The fourth-order valence-electron chi connectivity index (χ4n) is 2.83. The smallest absolute Gasteiger partial charge is 0.326 e. The number of carboxylic acid groups (broad SMARTS) is 1. The predicted molar refractivity (Wildman–Crippen MR) is 85.9 cm³/mol. The Labute approximate surface area is 138 Å². The number of carboxylic acids is 1. The minimum absolute atomic E-state index is 0.157. The highest BCUT2D eigenvalue weighted by molar-refractivity contribution is 5.84. The van der Waals surface area contributed by atoms with E-state index in [2.05, 4.69) is 13.8 Å². The predicted octanol–water partition coefficient (Wildman–Crippen LogP) is 2.74. The van der Waals surface area contributed by atoms with Crippen LogP contribution >= 0.6 is 0 Å². The highest BCUT2D eigenvalue weighted by Crippen LogP contribution is 2.23. The van der Waals surface area contributed by atoms with Gasteiger partial charge in [-0.1, -0.05) is 39.5 Å². The zero-order chi connectivity index (χ0) is 17.2. The van der Waals surface area contributed by atoms with Gasteiger partial charge in [0.2, 0.25) is 5.91 Å². The Morgan fingerprint density at radius 3 is 2.22 bits per heavy atom. The Kier molecular flexibility index (Phi) is 8.66. The summed E-state index contributed by atoms with van der Waals surface area (Å²) in [5.41, 5.74) is 0. The Balaban J connectivity index is 2.51. The normalized spacial score (nSPS) is 20.5. The lowest BCUT2D eigenvalue weighted by Gasteiger charge is -2.21. The molecule has 23 heavy (non-hydrogen) atoms. The van der Waals surface area contributed by atoms with Crippen molar-refractivity contribution in [2.45, 2.75) is 83.8 Å². The van der Waals surface area contributed by atoms with Crippen LogP contribution in [0.25, 0.3) is 0 Å². The maximum Gasteiger partial charge on any atom is 0.326 e. The Morgan fingerprint density at radius 2 is 1.65 bits per heavy atom. The average Bonchev–Trinajstić information content (AvgIpc) is 2.92. The van der Waals surface area contributed by atoms with Gasteiger partial charge in [0.05, 0.1) is 6.54 Å². The molecule has 0 radical (unpaired) electrons. The molecule has 1 fully saturated rings. The zero-order valence-corrected chi connectivity index (χ0v) is 14.3. The molecule has 6 heteroatoms. The molecule has 0 aliphatic carbocycles. The van der Waals surface area contributed by atoms with Crippen LogP contribution in [-0.4, -0.2) is 46.5 Å². The first-order chi connectivity index (χ1) is 11.0. The van der Waals surface area contributed by atoms with Crippen LogP contribution < -0.4 is 0 Å². The van der Waals surface area contributed by atoms with Crippen LogP contribution in [0.2, 0.25) is 0 Å². The van der Waals surface area contributed by atoms with Crippen molar-refractivity contribution in [3.63, 3.8) is 0 Å². The van der Waals surface area contributed by atoms with Gasteiger partial charge in [0.25, 0.3) is 0 Å². The van der Waals surface area contributed by atoms with Gasteiger partial charge < -0.3 is 14.7 Å². The van der Waals surface area contributed by atoms with E-state index in [4.69, 9.17) is 4.74 Å². The standard InChI is InChI=1S/C17H29NO5/c1-3-5-7-9-15(19)18-12-13(11-14(18)17(21)22)23-16(20)10-8-6-4-2/h13-14H,3-12H2,1-2H3,(H,21,22)/t13-,14-/m1/s1. The summed E-state index contributed by atoms with van der Waals surface area (Å²) in [6, 6.07) is -0.877. The van der Waals surface area contributed by atoms with Gasteiger partial charge in [-0.25, -0.2) is 4.79 Å². The Morgan fingerprint density at radius 1 is 1.04 bits per heavy atom. The molecule has 0 aromatic carbocycles. The van der Waals surface area contributed by atoms with Gasteiger partial charge >= 0.3 is 11.9 Å². The molecular formula is C17H29NO5. The highest BCUT2D eigenvalue weighted by atomic mass is 16.5. The Hall–Kier alpha value is -1.59. The van der Waals surface area contributed by atoms with E-state index in [1.807, 2.05) is 0 Å². The van der Waals surface area contributed by atoms with E-state index in [-0.39, 0.29) is 24.8 Å². The molecule has 0 spiro atoms. The quantitative estimate of drug-likeness (QED) is 0.493. The number of ether oxygens (including phenoxy) is 1. The molecule has 0 bridgehead atoms. The van der Waals surface area contributed by atoms with Gasteiger partial charge in [0.1, 0.15) is 12.1 Å². The van der Waals surface area contributed by atoms with E-state index in [9.17, 15) is 19.5 Å². The molecule has 0 aromatic rings. The number of aliphatic carboxylic acids is 1. The largest absolute Gasteiger partial charge is 0.480 e. The molecule has 132 valence electrons. The summed E-state index contributed by atoms with van der Waals surface area (Å²) >= 11 is 0. The fourth-order valence-corrected chi connectivity index (χ4v) is 2.83. The molecular weight excluding hydrogens is 298 g/mol. The SMILES string of the molecule is CCCCCC(=O)O[C@@H]1C[C@H](C(=O)O)N(C(=O)CCCCC)C1.